The van der Waals surface area contributed by atoms with Gasteiger partial charge in [-0.05, 0) is 55.7 Å². The Balaban J connectivity index is 1.57. The van der Waals surface area contributed by atoms with Crippen molar-refractivity contribution >= 4 is 33.2 Å². The SMILES string of the molecule is CC(NS(=O)(=O)c1cc(NC(=O)COc2ccccc2)ccc1N1CCC(C(N)=O)CC1)c1ccccc1. The van der Waals surface area contributed by atoms with Gasteiger partial charge in [0.15, 0.2) is 6.61 Å². The van der Waals surface area contributed by atoms with Crippen LogP contribution in [0.2, 0.25) is 0 Å². The Morgan fingerprint density at radius 2 is 1.63 bits per heavy atom. The first kappa shape index (κ1) is 27.2. The number of hydrogen-bond acceptors (Lipinski definition) is 6. The van der Waals surface area contributed by atoms with Crippen LogP contribution in [0.15, 0.2) is 83.8 Å². The number of carbonyl (C=O) groups is 2. The highest BCUT2D eigenvalue weighted by molar-refractivity contribution is 7.89. The molecule has 3 aromatic rings. The molecule has 0 spiro atoms. The zero-order chi connectivity index (χ0) is 27.1. The Morgan fingerprint density at radius 1 is 1.00 bits per heavy atom. The lowest BCUT2D eigenvalue weighted by molar-refractivity contribution is -0.122. The van der Waals surface area contributed by atoms with E-state index in [1.807, 2.05) is 41.3 Å². The van der Waals surface area contributed by atoms with Crippen LogP contribution in [0.5, 0.6) is 5.75 Å². The van der Waals surface area contributed by atoms with Gasteiger partial charge in [-0.2, -0.15) is 0 Å². The van der Waals surface area contributed by atoms with Crippen molar-refractivity contribution < 1.29 is 22.7 Å². The number of rotatable bonds is 10. The molecular weight excluding hydrogens is 504 g/mol. The molecule has 0 aliphatic carbocycles. The zero-order valence-electron chi connectivity index (χ0n) is 21.2. The maximum Gasteiger partial charge on any atom is 0.262 e. The Hall–Kier alpha value is -3.89. The van der Waals surface area contributed by atoms with Gasteiger partial charge in [0.25, 0.3) is 5.91 Å². The van der Waals surface area contributed by atoms with Crippen LogP contribution in [0.4, 0.5) is 11.4 Å². The molecule has 4 N–H and O–H groups in total. The van der Waals surface area contributed by atoms with Crippen LogP contribution < -0.4 is 25.4 Å². The van der Waals surface area contributed by atoms with Gasteiger partial charge in [-0.15, -0.1) is 0 Å². The molecule has 0 bridgehead atoms. The third kappa shape index (κ3) is 6.90. The third-order valence-corrected chi connectivity index (χ3v) is 8.09. The number of ether oxygens (including phenoxy) is 1. The summed E-state index contributed by atoms with van der Waals surface area (Å²) in [6.45, 7) is 2.52. The summed E-state index contributed by atoms with van der Waals surface area (Å²) in [6, 6.07) is 22.5. The molecule has 2 amide bonds. The highest BCUT2D eigenvalue weighted by Gasteiger charge is 2.29. The molecule has 1 saturated heterocycles. The lowest BCUT2D eigenvalue weighted by atomic mass is 9.96. The first-order valence-corrected chi connectivity index (χ1v) is 13.9. The minimum atomic E-state index is -4.00. The smallest absolute Gasteiger partial charge is 0.262 e. The molecule has 38 heavy (non-hydrogen) atoms. The van der Waals surface area contributed by atoms with Crippen molar-refractivity contribution in [3.63, 3.8) is 0 Å². The second-order valence-electron chi connectivity index (χ2n) is 9.25. The van der Waals surface area contributed by atoms with Gasteiger partial charge in [0.1, 0.15) is 10.6 Å². The van der Waals surface area contributed by atoms with E-state index in [0.29, 0.717) is 43.1 Å². The van der Waals surface area contributed by atoms with Crippen molar-refractivity contribution in [2.24, 2.45) is 11.7 Å². The highest BCUT2D eigenvalue weighted by atomic mass is 32.2. The molecule has 1 fully saturated rings. The van der Waals surface area contributed by atoms with Crippen LogP contribution in [0, 0.1) is 5.92 Å². The summed E-state index contributed by atoms with van der Waals surface area (Å²) in [5.41, 5.74) is 7.12. The number of nitrogens with two attached hydrogens (primary N) is 1. The summed E-state index contributed by atoms with van der Waals surface area (Å²) in [6.07, 6.45) is 1.08. The first-order chi connectivity index (χ1) is 18.2. The van der Waals surface area contributed by atoms with Crippen LogP contribution in [-0.2, 0) is 19.6 Å². The summed E-state index contributed by atoms with van der Waals surface area (Å²) in [7, 11) is -4.00. The van der Waals surface area contributed by atoms with E-state index >= 15 is 0 Å². The topological polar surface area (TPSA) is 131 Å². The third-order valence-electron chi connectivity index (χ3n) is 6.52. The molecule has 1 aliphatic rings. The molecule has 4 rings (SSSR count). The number of carbonyl (C=O) groups excluding carboxylic acids is 2. The molecule has 10 heteroatoms. The number of amides is 2. The average Bonchev–Trinajstić information content (AvgIpc) is 2.93. The number of nitrogens with one attached hydrogen (secondary N) is 2. The van der Waals surface area contributed by atoms with Crippen molar-refractivity contribution in [1.29, 1.82) is 0 Å². The second-order valence-corrected chi connectivity index (χ2v) is 10.9. The number of sulfonamides is 1. The van der Waals surface area contributed by atoms with Crippen LogP contribution in [0.25, 0.3) is 0 Å². The number of nitrogens with zero attached hydrogens (tertiary/aromatic N) is 1. The quantitative estimate of drug-likeness (QED) is 0.364. The summed E-state index contributed by atoms with van der Waals surface area (Å²) in [5.74, 6) is -0.435. The molecule has 9 nitrogen and oxygen atoms in total. The predicted octanol–water partition coefficient (Wildman–Crippen LogP) is 3.45. The predicted molar refractivity (Wildman–Crippen MR) is 146 cm³/mol. The number of para-hydroxylation sites is 1. The van der Waals surface area contributed by atoms with E-state index in [4.69, 9.17) is 10.5 Å². The molecule has 1 heterocycles. The van der Waals surface area contributed by atoms with Crippen LogP contribution in [-0.4, -0.2) is 39.9 Å². The van der Waals surface area contributed by atoms with Gasteiger partial charge in [-0.3, -0.25) is 9.59 Å². The van der Waals surface area contributed by atoms with Crippen molar-refractivity contribution in [1.82, 2.24) is 4.72 Å². The van der Waals surface area contributed by atoms with Crippen molar-refractivity contribution in [3.8, 4) is 5.75 Å². The van der Waals surface area contributed by atoms with E-state index in [2.05, 4.69) is 10.0 Å². The van der Waals surface area contributed by atoms with Gasteiger partial charge in [0.05, 0.1) is 5.69 Å². The fourth-order valence-corrected chi connectivity index (χ4v) is 5.93. The highest BCUT2D eigenvalue weighted by Crippen LogP contribution is 2.32. The second kappa shape index (κ2) is 12.1. The average molecular weight is 537 g/mol. The van der Waals surface area contributed by atoms with Crippen molar-refractivity contribution in [2.75, 3.05) is 29.9 Å². The molecule has 200 valence electrons. The molecule has 3 aromatic carbocycles. The van der Waals surface area contributed by atoms with E-state index in [0.717, 1.165) is 5.56 Å². The summed E-state index contributed by atoms with van der Waals surface area (Å²) < 4.78 is 35.6. The van der Waals surface area contributed by atoms with E-state index < -0.39 is 22.0 Å². The zero-order valence-corrected chi connectivity index (χ0v) is 22.0. The Kier molecular flexibility index (Phi) is 8.65. The van der Waals surface area contributed by atoms with Gasteiger partial charge in [-0.1, -0.05) is 48.5 Å². The number of anilines is 2. The Labute approximate surface area is 223 Å². The van der Waals surface area contributed by atoms with Gasteiger partial charge >= 0.3 is 0 Å². The number of benzene rings is 3. The van der Waals surface area contributed by atoms with Gasteiger partial charge < -0.3 is 20.7 Å². The lowest BCUT2D eigenvalue weighted by Crippen LogP contribution is -2.39. The molecule has 0 radical (unpaired) electrons. The monoisotopic (exact) mass is 536 g/mol. The van der Waals surface area contributed by atoms with Crippen LogP contribution in [0.1, 0.15) is 31.4 Å². The summed E-state index contributed by atoms with van der Waals surface area (Å²) in [4.78, 5) is 26.1. The molecular formula is C28H32N4O5S. The Bertz CT molecular complexity index is 1360. The lowest BCUT2D eigenvalue weighted by Gasteiger charge is -2.33. The normalized spacial score (nSPS) is 15.0. The van der Waals surface area contributed by atoms with Crippen molar-refractivity contribution in [2.45, 2.75) is 30.7 Å². The van der Waals surface area contributed by atoms with Gasteiger partial charge in [-0.25, -0.2) is 13.1 Å². The molecule has 0 saturated carbocycles. The van der Waals surface area contributed by atoms with E-state index in [1.54, 1.807) is 43.3 Å². The number of hydrogen-bond donors (Lipinski definition) is 3. The van der Waals surface area contributed by atoms with E-state index in [9.17, 15) is 18.0 Å². The van der Waals surface area contributed by atoms with E-state index in [-0.39, 0.29) is 23.3 Å². The minimum Gasteiger partial charge on any atom is -0.484 e. The molecule has 1 aliphatic heterocycles. The van der Waals surface area contributed by atoms with Crippen molar-refractivity contribution in [3.05, 3.63) is 84.4 Å². The number of piperidine rings is 1. The maximum absolute atomic E-state index is 13.7. The van der Waals surface area contributed by atoms with Crippen LogP contribution >= 0.6 is 0 Å². The fourth-order valence-electron chi connectivity index (χ4n) is 4.44. The summed E-state index contributed by atoms with van der Waals surface area (Å²) >= 11 is 0. The Morgan fingerprint density at radius 3 is 2.26 bits per heavy atom. The fraction of sp³-hybridized carbons (Fsp3) is 0.286. The summed E-state index contributed by atoms with van der Waals surface area (Å²) in [5, 5.41) is 2.73. The van der Waals surface area contributed by atoms with Crippen LogP contribution in [0.3, 0.4) is 0 Å². The van der Waals surface area contributed by atoms with Gasteiger partial charge in [0.2, 0.25) is 15.9 Å². The minimum absolute atomic E-state index is 0.0413. The molecule has 1 atom stereocenters. The largest absolute Gasteiger partial charge is 0.484 e. The van der Waals surface area contributed by atoms with E-state index in [1.165, 1.54) is 6.07 Å². The first-order valence-electron chi connectivity index (χ1n) is 12.5. The number of primary amides is 1. The molecule has 1 unspecified atom stereocenters. The maximum atomic E-state index is 13.7. The molecule has 0 aromatic heterocycles. The standard InChI is InChI=1S/C28H32N4O5S/c1-20(21-8-4-2-5-9-21)31-38(35,36)26-18-23(30-27(33)19-37-24-10-6-3-7-11-24)12-13-25(26)32-16-14-22(15-17-32)28(29)34/h2-13,18,20,22,31H,14-17,19H2,1H3,(H2,29,34)(H,30,33). The van der Waals surface area contributed by atoms with Gasteiger partial charge in [0, 0.05) is 30.7 Å².